The molecule has 0 spiro atoms. The molecule has 0 unspecified atom stereocenters. The van der Waals surface area contributed by atoms with Crippen molar-refractivity contribution in [3.63, 3.8) is 0 Å². The van der Waals surface area contributed by atoms with Gasteiger partial charge >= 0.3 is 0 Å². The summed E-state index contributed by atoms with van der Waals surface area (Å²) >= 11 is 0. The van der Waals surface area contributed by atoms with Gasteiger partial charge in [-0.15, -0.1) is 0 Å². The minimum Gasteiger partial charge on any atom is -0.356 e. The van der Waals surface area contributed by atoms with Crippen LogP contribution in [-0.2, 0) is 5.41 Å². The summed E-state index contributed by atoms with van der Waals surface area (Å²) in [6, 6.07) is 8.19. The maximum atomic E-state index is 12.9. The fraction of sp³-hybridized carbons (Fsp3) is 0.400. The molecular weight excluding hydrogens is 243 g/mol. The third-order valence-corrected chi connectivity index (χ3v) is 4.13. The zero-order valence-corrected chi connectivity index (χ0v) is 10.7. The van der Waals surface area contributed by atoms with E-state index < -0.39 is 0 Å². The van der Waals surface area contributed by atoms with Crippen molar-refractivity contribution in [2.75, 3.05) is 6.54 Å². The molecule has 19 heavy (non-hydrogen) atoms. The van der Waals surface area contributed by atoms with Gasteiger partial charge in [0.2, 0.25) is 0 Å². The summed E-state index contributed by atoms with van der Waals surface area (Å²) in [5.41, 5.74) is 7.69. The Morgan fingerprint density at radius 1 is 1.21 bits per heavy atom. The number of nitrogens with two attached hydrogens (primary N) is 1. The molecule has 3 rings (SSSR count). The zero-order chi connectivity index (χ0) is 13.3. The first kappa shape index (κ1) is 12.4. The van der Waals surface area contributed by atoms with E-state index in [1.165, 1.54) is 25.0 Å². The lowest BCUT2D eigenvalue weighted by Crippen LogP contribution is -2.32. The second-order valence-corrected chi connectivity index (χ2v) is 5.27. The Hall–Kier alpha value is -1.68. The van der Waals surface area contributed by atoms with Crippen molar-refractivity contribution in [1.29, 1.82) is 0 Å². The maximum absolute atomic E-state index is 12.9. The van der Waals surface area contributed by atoms with Crippen molar-refractivity contribution in [2.45, 2.75) is 31.1 Å². The summed E-state index contributed by atoms with van der Waals surface area (Å²) in [6.45, 7) is 0.600. The molecule has 0 radical (unpaired) electrons. The highest BCUT2D eigenvalue weighted by molar-refractivity contribution is 5.57. The number of aromatic nitrogens is 1. The van der Waals surface area contributed by atoms with E-state index in [0.717, 1.165) is 24.1 Å². The van der Waals surface area contributed by atoms with Crippen LogP contribution in [0, 0.1) is 5.82 Å². The Balaban J connectivity index is 1.92. The van der Waals surface area contributed by atoms with Crippen molar-refractivity contribution in [3.05, 3.63) is 41.8 Å². The SMILES string of the molecule is NCC1(c2cc(-c3ccc(F)cc3)on2)CCCC1. The van der Waals surface area contributed by atoms with Crippen molar-refractivity contribution in [1.82, 2.24) is 5.16 Å². The lowest BCUT2D eigenvalue weighted by Gasteiger charge is -2.23. The van der Waals surface area contributed by atoms with Crippen LogP contribution in [0.15, 0.2) is 34.9 Å². The highest BCUT2D eigenvalue weighted by atomic mass is 19.1. The molecule has 0 amide bonds. The Kier molecular flexibility index (Phi) is 3.11. The third kappa shape index (κ3) is 2.16. The van der Waals surface area contributed by atoms with E-state index in [4.69, 9.17) is 10.3 Å². The zero-order valence-electron chi connectivity index (χ0n) is 10.7. The monoisotopic (exact) mass is 260 g/mol. The van der Waals surface area contributed by atoms with E-state index in [1.807, 2.05) is 6.07 Å². The van der Waals surface area contributed by atoms with Gasteiger partial charge in [-0.25, -0.2) is 4.39 Å². The van der Waals surface area contributed by atoms with Gasteiger partial charge in [0, 0.05) is 23.6 Å². The number of benzene rings is 1. The molecule has 1 aliphatic rings. The lowest BCUT2D eigenvalue weighted by molar-refractivity contribution is 0.372. The molecule has 0 bridgehead atoms. The lowest BCUT2D eigenvalue weighted by atomic mass is 9.82. The van der Waals surface area contributed by atoms with Crippen LogP contribution in [0.4, 0.5) is 4.39 Å². The molecule has 1 heterocycles. The summed E-state index contributed by atoms with van der Waals surface area (Å²) in [5.74, 6) is 0.424. The first-order valence-electron chi connectivity index (χ1n) is 6.67. The van der Waals surface area contributed by atoms with Gasteiger partial charge in [-0.2, -0.15) is 0 Å². The van der Waals surface area contributed by atoms with Crippen LogP contribution in [0.5, 0.6) is 0 Å². The van der Waals surface area contributed by atoms with Crippen LogP contribution in [0.1, 0.15) is 31.4 Å². The maximum Gasteiger partial charge on any atom is 0.167 e. The van der Waals surface area contributed by atoms with Gasteiger partial charge in [-0.3, -0.25) is 0 Å². The van der Waals surface area contributed by atoms with Crippen molar-refractivity contribution in [3.8, 4) is 11.3 Å². The second-order valence-electron chi connectivity index (χ2n) is 5.27. The molecule has 4 heteroatoms. The average molecular weight is 260 g/mol. The topological polar surface area (TPSA) is 52.0 Å². The Labute approximate surface area is 111 Å². The normalized spacial score (nSPS) is 17.8. The fourth-order valence-electron chi connectivity index (χ4n) is 2.89. The van der Waals surface area contributed by atoms with Crippen LogP contribution >= 0.6 is 0 Å². The largest absolute Gasteiger partial charge is 0.356 e. The summed E-state index contributed by atoms with van der Waals surface area (Å²) in [4.78, 5) is 0. The predicted octanol–water partition coefficient (Wildman–Crippen LogP) is 3.25. The van der Waals surface area contributed by atoms with Gasteiger partial charge in [0.25, 0.3) is 0 Å². The molecular formula is C15H17FN2O. The molecule has 0 saturated heterocycles. The molecule has 100 valence electrons. The molecule has 2 aromatic rings. The Morgan fingerprint density at radius 3 is 2.53 bits per heavy atom. The minimum atomic E-state index is -0.252. The molecule has 1 fully saturated rings. The van der Waals surface area contributed by atoms with Gasteiger partial charge < -0.3 is 10.3 Å². The number of hydrogen-bond acceptors (Lipinski definition) is 3. The Bertz CT molecular complexity index is 556. The van der Waals surface area contributed by atoms with Crippen LogP contribution in [0.25, 0.3) is 11.3 Å². The quantitative estimate of drug-likeness (QED) is 0.921. The average Bonchev–Trinajstić information content (AvgIpc) is 3.09. The molecule has 3 nitrogen and oxygen atoms in total. The van der Waals surface area contributed by atoms with Crippen molar-refractivity contribution in [2.24, 2.45) is 5.73 Å². The van der Waals surface area contributed by atoms with E-state index in [9.17, 15) is 4.39 Å². The van der Waals surface area contributed by atoms with E-state index >= 15 is 0 Å². The standard InChI is InChI=1S/C15H17FN2O/c16-12-5-3-11(4-6-12)13-9-14(18-19-13)15(10-17)7-1-2-8-15/h3-6,9H,1-2,7-8,10,17H2. The van der Waals surface area contributed by atoms with E-state index in [1.54, 1.807) is 12.1 Å². The van der Waals surface area contributed by atoms with Gasteiger partial charge in [0.15, 0.2) is 5.76 Å². The number of nitrogens with zero attached hydrogens (tertiary/aromatic N) is 1. The van der Waals surface area contributed by atoms with Gasteiger partial charge in [-0.1, -0.05) is 18.0 Å². The fourth-order valence-corrected chi connectivity index (χ4v) is 2.89. The second kappa shape index (κ2) is 4.78. The summed E-state index contributed by atoms with van der Waals surface area (Å²) < 4.78 is 18.3. The van der Waals surface area contributed by atoms with Crippen LogP contribution in [0.2, 0.25) is 0 Å². The molecule has 1 saturated carbocycles. The Morgan fingerprint density at radius 2 is 1.89 bits per heavy atom. The van der Waals surface area contributed by atoms with Crippen LogP contribution in [0.3, 0.4) is 0 Å². The van der Waals surface area contributed by atoms with E-state index in [-0.39, 0.29) is 11.2 Å². The smallest absolute Gasteiger partial charge is 0.167 e. The molecule has 1 aliphatic carbocycles. The minimum absolute atomic E-state index is 0.0260. The molecule has 1 aromatic carbocycles. The first-order valence-corrected chi connectivity index (χ1v) is 6.67. The van der Waals surface area contributed by atoms with E-state index in [0.29, 0.717) is 12.3 Å². The van der Waals surface area contributed by atoms with Crippen molar-refractivity contribution < 1.29 is 8.91 Å². The van der Waals surface area contributed by atoms with Crippen LogP contribution in [-0.4, -0.2) is 11.7 Å². The van der Waals surface area contributed by atoms with E-state index in [2.05, 4.69) is 5.16 Å². The van der Waals surface area contributed by atoms with Crippen molar-refractivity contribution >= 4 is 0 Å². The number of rotatable bonds is 3. The highest BCUT2D eigenvalue weighted by Crippen LogP contribution is 2.40. The summed E-state index contributed by atoms with van der Waals surface area (Å²) in [7, 11) is 0. The first-order chi connectivity index (χ1) is 9.23. The molecule has 0 aliphatic heterocycles. The summed E-state index contributed by atoms with van der Waals surface area (Å²) in [5, 5.41) is 4.19. The van der Waals surface area contributed by atoms with Gasteiger partial charge in [0.1, 0.15) is 5.82 Å². The van der Waals surface area contributed by atoms with Gasteiger partial charge in [0.05, 0.1) is 5.69 Å². The number of halogens is 1. The molecule has 1 aromatic heterocycles. The predicted molar refractivity (Wildman–Crippen MR) is 71.1 cm³/mol. The molecule has 0 atom stereocenters. The summed E-state index contributed by atoms with van der Waals surface area (Å²) in [6.07, 6.45) is 4.52. The molecule has 2 N–H and O–H groups in total. The highest BCUT2D eigenvalue weighted by Gasteiger charge is 2.37. The van der Waals surface area contributed by atoms with Gasteiger partial charge in [-0.05, 0) is 37.1 Å². The van der Waals surface area contributed by atoms with Crippen LogP contribution < -0.4 is 5.73 Å². The number of hydrogen-bond donors (Lipinski definition) is 1. The third-order valence-electron chi connectivity index (χ3n) is 4.13.